The van der Waals surface area contributed by atoms with Crippen LogP contribution in [0.3, 0.4) is 0 Å². The average molecular weight is 220 g/mol. The minimum atomic E-state index is -0.342. The number of rotatable bonds is 4. The van der Waals surface area contributed by atoms with E-state index in [1.54, 1.807) is 6.26 Å². The molecule has 4 heteroatoms. The highest BCUT2D eigenvalue weighted by Gasteiger charge is 2.21. The van der Waals surface area contributed by atoms with Crippen molar-refractivity contribution in [1.29, 1.82) is 0 Å². The molecule has 0 spiro atoms. The number of hydrogen-bond acceptors (Lipinski definition) is 4. The van der Waals surface area contributed by atoms with Gasteiger partial charge in [-0.15, -0.1) is 0 Å². The Hall–Kier alpha value is -1.36. The second-order valence-corrected chi connectivity index (χ2v) is 3.80. The van der Waals surface area contributed by atoms with Crippen molar-refractivity contribution >= 4 is 11.0 Å². The lowest BCUT2D eigenvalue weighted by Gasteiger charge is -2.20. The van der Waals surface area contributed by atoms with E-state index in [1.165, 1.54) is 0 Å². The highest BCUT2D eigenvalue weighted by molar-refractivity contribution is 5.81. The van der Waals surface area contributed by atoms with E-state index in [9.17, 15) is 0 Å². The van der Waals surface area contributed by atoms with Gasteiger partial charge in [0.2, 0.25) is 0 Å². The molecule has 16 heavy (non-hydrogen) atoms. The topological polar surface area (TPSA) is 71.4 Å². The van der Waals surface area contributed by atoms with Gasteiger partial charge in [-0.1, -0.05) is 18.2 Å². The molecule has 0 fully saturated rings. The third-order valence-corrected chi connectivity index (χ3v) is 2.80. The standard InChI is InChI=1S/C12H16N2O2/c1-14-12(10(13)6-15)9-7-16-11-5-3-2-4-8(9)11/h2-5,7,10,12,14-15H,6,13H2,1H3. The van der Waals surface area contributed by atoms with Crippen molar-refractivity contribution in [2.45, 2.75) is 12.1 Å². The van der Waals surface area contributed by atoms with E-state index in [0.29, 0.717) is 0 Å². The molecule has 0 aliphatic carbocycles. The maximum atomic E-state index is 9.11. The van der Waals surface area contributed by atoms with E-state index in [0.717, 1.165) is 16.5 Å². The number of benzene rings is 1. The number of aliphatic hydroxyl groups is 1. The van der Waals surface area contributed by atoms with E-state index in [1.807, 2.05) is 31.3 Å². The largest absolute Gasteiger partial charge is 0.464 e. The van der Waals surface area contributed by atoms with E-state index in [2.05, 4.69) is 5.32 Å². The zero-order valence-electron chi connectivity index (χ0n) is 9.18. The van der Waals surface area contributed by atoms with Crippen LogP contribution in [0.5, 0.6) is 0 Å². The lowest BCUT2D eigenvalue weighted by molar-refractivity contribution is 0.240. The molecule has 1 aromatic heterocycles. The monoisotopic (exact) mass is 220 g/mol. The number of fused-ring (bicyclic) bond motifs is 1. The predicted molar refractivity (Wildman–Crippen MR) is 63.1 cm³/mol. The number of furan rings is 1. The van der Waals surface area contributed by atoms with Gasteiger partial charge in [-0.05, 0) is 13.1 Å². The molecule has 4 nitrogen and oxygen atoms in total. The van der Waals surface area contributed by atoms with Crippen molar-refractivity contribution in [3.8, 4) is 0 Å². The summed E-state index contributed by atoms with van der Waals surface area (Å²) in [6.07, 6.45) is 1.70. The highest BCUT2D eigenvalue weighted by Crippen LogP contribution is 2.27. The SMILES string of the molecule is CNC(c1coc2ccccc12)C(N)CO. The third kappa shape index (κ3) is 1.82. The van der Waals surface area contributed by atoms with Crippen LogP contribution in [0.25, 0.3) is 11.0 Å². The lowest BCUT2D eigenvalue weighted by atomic mass is 10.00. The zero-order valence-corrected chi connectivity index (χ0v) is 9.18. The van der Waals surface area contributed by atoms with Crippen LogP contribution in [0, 0.1) is 0 Å². The summed E-state index contributed by atoms with van der Waals surface area (Å²) in [5.74, 6) is 0. The minimum absolute atomic E-state index is 0.0645. The molecular weight excluding hydrogens is 204 g/mol. The molecule has 2 unspecified atom stereocenters. The summed E-state index contributed by atoms with van der Waals surface area (Å²) in [5, 5.41) is 13.2. The van der Waals surface area contributed by atoms with Crippen LogP contribution in [-0.2, 0) is 0 Å². The van der Waals surface area contributed by atoms with Crippen LogP contribution in [0.4, 0.5) is 0 Å². The second kappa shape index (κ2) is 4.65. The normalized spacial score (nSPS) is 15.2. The van der Waals surface area contributed by atoms with Gasteiger partial charge < -0.3 is 20.6 Å². The molecule has 0 saturated heterocycles. The van der Waals surface area contributed by atoms with Gasteiger partial charge in [0.25, 0.3) is 0 Å². The summed E-state index contributed by atoms with van der Waals surface area (Å²) in [6, 6.07) is 7.34. The molecule has 1 heterocycles. The zero-order chi connectivity index (χ0) is 11.5. The van der Waals surface area contributed by atoms with Gasteiger partial charge in [-0.25, -0.2) is 0 Å². The predicted octanol–water partition coefficient (Wildman–Crippen LogP) is 1.01. The van der Waals surface area contributed by atoms with E-state index in [-0.39, 0.29) is 18.7 Å². The Morgan fingerprint density at radius 2 is 2.19 bits per heavy atom. The Bertz CT molecular complexity index is 467. The maximum absolute atomic E-state index is 9.11. The Morgan fingerprint density at radius 1 is 1.44 bits per heavy atom. The van der Waals surface area contributed by atoms with Crippen LogP contribution in [-0.4, -0.2) is 24.8 Å². The van der Waals surface area contributed by atoms with Crippen molar-refractivity contribution in [1.82, 2.24) is 5.32 Å². The van der Waals surface area contributed by atoms with Crippen molar-refractivity contribution in [2.75, 3.05) is 13.7 Å². The number of nitrogens with one attached hydrogen (secondary N) is 1. The van der Waals surface area contributed by atoms with Gasteiger partial charge in [-0.3, -0.25) is 0 Å². The molecule has 2 rings (SSSR count). The lowest BCUT2D eigenvalue weighted by Crippen LogP contribution is -2.38. The van der Waals surface area contributed by atoms with E-state index >= 15 is 0 Å². The summed E-state index contributed by atoms with van der Waals surface area (Å²) in [4.78, 5) is 0. The number of hydrogen-bond donors (Lipinski definition) is 3. The van der Waals surface area contributed by atoms with Crippen LogP contribution >= 0.6 is 0 Å². The van der Waals surface area contributed by atoms with Gasteiger partial charge in [0.1, 0.15) is 5.58 Å². The molecule has 4 N–H and O–H groups in total. The van der Waals surface area contributed by atoms with Crippen LogP contribution in [0.1, 0.15) is 11.6 Å². The molecule has 2 aromatic rings. The first kappa shape index (κ1) is 11.1. The molecule has 0 aliphatic heterocycles. The number of nitrogens with two attached hydrogens (primary N) is 1. The molecule has 86 valence electrons. The first-order valence-corrected chi connectivity index (χ1v) is 5.27. The van der Waals surface area contributed by atoms with Crippen molar-refractivity contribution in [3.05, 3.63) is 36.1 Å². The van der Waals surface area contributed by atoms with Crippen LogP contribution < -0.4 is 11.1 Å². The first-order chi connectivity index (χ1) is 7.77. The van der Waals surface area contributed by atoms with E-state index < -0.39 is 0 Å². The average Bonchev–Trinajstić information content (AvgIpc) is 2.74. The fraction of sp³-hybridized carbons (Fsp3) is 0.333. The molecule has 0 amide bonds. The van der Waals surface area contributed by atoms with Crippen molar-refractivity contribution in [2.24, 2.45) is 5.73 Å². The fourth-order valence-electron chi connectivity index (χ4n) is 1.94. The maximum Gasteiger partial charge on any atom is 0.134 e. The molecule has 0 saturated carbocycles. The number of aliphatic hydroxyl groups excluding tert-OH is 1. The first-order valence-electron chi connectivity index (χ1n) is 5.27. The summed E-state index contributed by atoms with van der Waals surface area (Å²) >= 11 is 0. The van der Waals surface area contributed by atoms with Crippen LogP contribution in [0.2, 0.25) is 0 Å². The third-order valence-electron chi connectivity index (χ3n) is 2.80. The summed E-state index contributed by atoms with van der Waals surface area (Å²) in [5.41, 5.74) is 7.68. The Balaban J connectivity index is 2.45. The Kier molecular flexibility index (Phi) is 3.24. The Labute approximate surface area is 94.1 Å². The molecule has 2 atom stereocenters. The summed E-state index contributed by atoms with van der Waals surface area (Å²) < 4.78 is 5.45. The molecule has 0 bridgehead atoms. The van der Waals surface area contributed by atoms with Gasteiger partial charge in [-0.2, -0.15) is 0 Å². The Morgan fingerprint density at radius 3 is 2.88 bits per heavy atom. The van der Waals surface area contributed by atoms with Crippen molar-refractivity contribution in [3.63, 3.8) is 0 Å². The molecular formula is C12H16N2O2. The molecule has 0 aliphatic rings. The van der Waals surface area contributed by atoms with Gasteiger partial charge in [0.15, 0.2) is 0 Å². The summed E-state index contributed by atoms with van der Waals surface area (Å²) in [6.45, 7) is -0.0645. The van der Waals surface area contributed by atoms with Gasteiger partial charge >= 0.3 is 0 Å². The highest BCUT2D eigenvalue weighted by atomic mass is 16.3. The quantitative estimate of drug-likeness (QED) is 0.719. The van der Waals surface area contributed by atoms with Gasteiger partial charge in [0, 0.05) is 17.0 Å². The van der Waals surface area contributed by atoms with Crippen molar-refractivity contribution < 1.29 is 9.52 Å². The fourth-order valence-corrected chi connectivity index (χ4v) is 1.94. The van der Waals surface area contributed by atoms with Gasteiger partial charge in [0.05, 0.1) is 18.9 Å². The summed E-state index contributed by atoms with van der Waals surface area (Å²) in [7, 11) is 1.82. The molecule has 0 radical (unpaired) electrons. The van der Waals surface area contributed by atoms with Crippen LogP contribution in [0.15, 0.2) is 34.9 Å². The van der Waals surface area contributed by atoms with E-state index in [4.69, 9.17) is 15.3 Å². The number of para-hydroxylation sites is 1. The number of likely N-dealkylation sites (N-methyl/N-ethyl adjacent to an activating group) is 1. The minimum Gasteiger partial charge on any atom is -0.464 e. The smallest absolute Gasteiger partial charge is 0.134 e. The molecule has 1 aromatic carbocycles. The second-order valence-electron chi connectivity index (χ2n) is 3.80.